The van der Waals surface area contributed by atoms with Crippen LogP contribution in [-0.2, 0) is 9.53 Å². The van der Waals surface area contributed by atoms with Crippen LogP contribution in [0.5, 0.6) is 0 Å². The predicted molar refractivity (Wildman–Crippen MR) is 87.6 cm³/mol. The standard InChI is InChI=1S/C17H19NO2.ClH/c1-2-20-17(19)12-16(13-6-4-3-5-7-13)14-8-10-15(18)11-9-14;/h3-11,16H,2,12,18H2,1H3;1H. The highest BCUT2D eigenvalue weighted by Gasteiger charge is 2.18. The molecule has 0 aliphatic carbocycles. The Morgan fingerprint density at radius 3 is 2.19 bits per heavy atom. The van der Waals surface area contributed by atoms with Gasteiger partial charge in [-0.3, -0.25) is 4.79 Å². The highest BCUT2D eigenvalue weighted by atomic mass is 35.5. The zero-order chi connectivity index (χ0) is 14.4. The van der Waals surface area contributed by atoms with Crippen molar-refractivity contribution in [1.82, 2.24) is 0 Å². The van der Waals surface area contributed by atoms with E-state index in [1.807, 2.05) is 61.5 Å². The van der Waals surface area contributed by atoms with Crippen LogP contribution in [0.25, 0.3) is 0 Å². The molecule has 0 saturated carbocycles. The average molecular weight is 306 g/mol. The molecule has 0 bridgehead atoms. The molecular weight excluding hydrogens is 286 g/mol. The summed E-state index contributed by atoms with van der Waals surface area (Å²) in [5, 5.41) is 0. The summed E-state index contributed by atoms with van der Waals surface area (Å²) in [6, 6.07) is 17.6. The van der Waals surface area contributed by atoms with Gasteiger partial charge in [-0.25, -0.2) is 0 Å². The molecule has 0 spiro atoms. The molecule has 2 N–H and O–H groups in total. The van der Waals surface area contributed by atoms with Crippen molar-refractivity contribution in [3.63, 3.8) is 0 Å². The lowest BCUT2D eigenvalue weighted by Gasteiger charge is -2.17. The smallest absolute Gasteiger partial charge is 0.306 e. The zero-order valence-electron chi connectivity index (χ0n) is 12.0. The van der Waals surface area contributed by atoms with Gasteiger partial charge in [0.2, 0.25) is 0 Å². The number of ether oxygens (including phenoxy) is 1. The zero-order valence-corrected chi connectivity index (χ0v) is 12.8. The molecule has 2 aromatic rings. The second-order valence-corrected chi connectivity index (χ2v) is 4.64. The van der Waals surface area contributed by atoms with Gasteiger partial charge in [-0.15, -0.1) is 12.4 Å². The Morgan fingerprint density at radius 1 is 1.05 bits per heavy atom. The molecule has 0 radical (unpaired) electrons. The van der Waals surface area contributed by atoms with Crippen molar-refractivity contribution in [3.8, 4) is 0 Å². The van der Waals surface area contributed by atoms with Gasteiger partial charge >= 0.3 is 5.97 Å². The van der Waals surface area contributed by atoms with Crippen molar-refractivity contribution in [3.05, 3.63) is 65.7 Å². The van der Waals surface area contributed by atoms with Crippen LogP contribution < -0.4 is 5.73 Å². The van der Waals surface area contributed by atoms with Gasteiger partial charge in [0, 0.05) is 11.6 Å². The maximum Gasteiger partial charge on any atom is 0.306 e. The van der Waals surface area contributed by atoms with Crippen molar-refractivity contribution in [2.24, 2.45) is 0 Å². The third-order valence-electron chi connectivity index (χ3n) is 3.22. The minimum absolute atomic E-state index is 0. The maximum absolute atomic E-state index is 11.8. The first-order valence-corrected chi connectivity index (χ1v) is 6.76. The Morgan fingerprint density at radius 2 is 1.62 bits per heavy atom. The number of rotatable bonds is 5. The summed E-state index contributed by atoms with van der Waals surface area (Å²) in [6.45, 7) is 2.22. The Labute approximate surface area is 131 Å². The van der Waals surface area contributed by atoms with E-state index >= 15 is 0 Å². The summed E-state index contributed by atoms with van der Waals surface area (Å²) in [4.78, 5) is 11.8. The van der Waals surface area contributed by atoms with Crippen molar-refractivity contribution in [2.45, 2.75) is 19.3 Å². The second kappa shape index (κ2) is 8.32. The van der Waals surface area contributed by atoms with Crippen LogP contribution in [-0.4, -0.2) is 12.6 Å². The molecule has 0 saturated heterocycles. The van der Waals surface area contributed by atoms with E-state index < -0.39 is 0 Å². The van der Waals surface area contributed by atoms with Crippen molar-refractivity contribution in [1.29, 1.82) is 0 Å². The molecule has 0 aromatic heterocycles. The van der Waals surface area contributed by atoms with Gasteiger partial charge < -0.3 is 10.5 Å². The minimum atomic E-state index is -0.182. The Hall–Kier alpha value is -2.00. The van der Waals surface area contributed by atoms with E-state index in [4.69, 9.17) is 10.5 Å². The highest BCUT2D eigenvalue weighted by molar-refractivity contribution is 5.85. The summed E-state index contributed by atoms with van der Waals surface area (Å²) in [5.41, 5.74) is 8.61. The number of nitrogens with two attached hydrogens (primary N) is 1. The number of halogens is 1. The molecule has 112 valence electrons. The van der Waals surface area contributed by atoms with Gasteiger partial charge in [-0.2, -0.15) is 0 Å². The first-order chi connectivity index (χ1) is 9.70. The molecule has 0 aliphatic heterocycles. The quantitative estimate of drug-likeness (QED) is 0.675. The van der Waals surface area contributed by atoms with Gasteiger partial charge in [0.05, 0.1) is 13.0 Å². The lowest BCUT2D eigenvalue weighted by atomic mass is 9.88. The van der Waals surface area contributed by atoms with Crippen molar-refractivity contribution < 1.29 is 9.53 Å². The first-order valence-electron chi connectivity index (χ1n) is 6.76. The number of nitrogen functional groups attached to an aromatic ring is 1. The summed E-state index contributed by atoms with van der Waals surface area (Å²) < 4.78 is 5.08. The summed E-state index contributed by atoms with van der Waals surface area (Å²) in [6.07, 6.45) is 0.335. The molecule has 0 heterocycles. The van der Waals surface area contributed by atoms with Crippen LogP contribution in [0.2, 0.25) is 0 Å². The van der Waals surface area contributed by atoms with Crippen LogP contribution in [0.1, 0.15) is 30.4 Å². The molecule has 0 aliphatic rings. The third-order valence-corrected chi connectivity index (χ3v) is 3.22. The minimum Gasteiger partial charge on any atom is -0.466 e. The lowest BCUT2D eigenvalue weighted by molar-refractivity contribution is -0.143. The SMILES string of the molecule is CCOC(=O)CC(c1ccccc1)c1ccc(N)cc1.Cl. The summed E-state index contributed by atoms with van der Waals surface area (Å²) >= 11 is 0. The monoisotopic (exact) mass is 305 g/mol. The Kier molecular flexibility index (Phi) is 6.76. The molecule has 3 nitrogen and oxygen atoms in total. The fourth-order valence-corrected chi connectivity index (χ4v) is 2.23. The normalized spacial score (nSPS) is 11.3. The molecule has 1 unspecified atom stereocenters. The number of esters is 1. The summed E-state index contributed by atoms with van der Waals surface area (Å²) in [7, 11) is 0. The lowest BCUT2D eigenvalue weighted by Crippen LogP contribution is -2.11. The highest BCUT2D eigenvalue weighted by Crippen LogP contribution is 2.28. The number of anilines is 1. The van der Waals surface area contributed by atoms with Crippen LogP contribution >= 0.6 is 12.4 Å². The van der Waals surface area contributed by atoms with E-state index in [1.165, 1.54) is 0 Å². The van der Waals surface area contributed by atoms with E-state index in [2.05, 4.69) is 0 Å². The number of hydrogen-bond acceptors (Lipinski definition) is 3. The number of benzene rings is 2. The molecule has 2 rings (SSSR count). The Bertz CT molecular complexity index is 555. The number of hydrogen-bond donors (Lipinski definition) is 1. The molecule has 1 atom stereocenters. The molecule has 4 heteroatoms. The van der Waals surface area contributed by atoms with Crippen LogP contribution in [0.3, 0.4) is 0 Å². The van der Waals surface area contributed by atoms with E-state index in [-0.39, 0.29) is 24.3 Å². The van der Waals surface area contributed by atoms with Crippen LogP contribution in [0, 0.1) is 0 Å². The Balaban J connectivity index is 0.00000220. The van der Waals surface area contributed by atoms with Crippen molar-refractivity contribution in [2.75, 3.05) is 12.3 Å². The average Bonchev–Trinajstić information content (AvgIpc) is 2.47. The van der Waals surface area contributed by atoms with Gasteiger partial charge in [-0.1, -0.05) is 42.5 Å². The van der Waals surface area contributed by atoms with E-state index in [0.717, 1.165) is 16.8 Å². The number of carbonyl (C=O) groups is 1. The largest absolute Gasteiger partial charge is 0.466 e. The fourth-order valence-electron chi connectivity index (χ4n) is 2.23. The predicted octanol–water partition coefficient (Wildman–Crippen LogP) is 3.78. The van der Waals surface area contributed by atoms with Crippen LogP contribution in [0.4, 0.5) is 5.69 Å². The first kappa shape index (κ1) is 17.1. The summed E-state index contributed by atoms with van der Waals surface area (Å²) in [5.74, 6) is -0.186. The third kappa shape index (κ3) is 4.80. The van der Waals surface area contributed by atoms with E-state index in [1.54, 1.807) is 0 Å². The van der Waals surface area contributed by atoms with Gasteiger partial charge in [0.1, 0.15) is 0 Å². The fraction of sp³-hybridized carbons (Fsp3) is 0.235. The maximum atomic E-state index is 11.8. The molecule has 0 amide bonds. The van der Waals surface area contributed by atoms with E-state index in [0.29, 0.717) is 13.0 Å². The number of carbonyl (C=O) groups excluding carboxylic acids is 1. The molecule has 2 aromatic carbocycles. The van der Waals surface area contributed by atoms with Gasteiger partial charge in [0.15, 0.2) is 0 Å². The topological polar surface area (TPSA) is 52.3 Å². The second-order valence-electron chi connectivity index (χ2n) is 4.64. The molecule has 21 heavy (non-hydrogen) atoms. The van der Waals surface area contributed by atoms with E-state index in [9.17, 15) is 4.79 Å². The molecule has 0 fully saturated rings. The molecular formula is C17H20ClNO2. The van der Waals surface area contributed by atoms with Gasteiger partial charge in [-0.05, 0) is 30.2 Å². The van der Waals surface area contributed by atoms with Crippen molar-refractivity contribution >= 4 is 24.1 Å². The van der Waals surface area contributed by atoms with Gasteiger partial charge in [0.25, 0.3) is 0 Å². The van der Waals surface area contributed by atoms with Crippen LogP contribution in [0.15, 0.2) is 54.6 Å².